The van der Waals surface area contributed by atoms with Crippen LogP contribution >= 0.6 is 0 Å². The Labute approximate surface area is 267 Å². The number of hydrogen-bond acceptors (Lipinski definition) is 1. The van der Waals surface area contributed by atoms with Gasteiger partial charge in [-0.05, 0) is 67.1 Å². The van der Waals surface area contributed by atoms with Crippen LogP contribution in [0.4, 0.5) is 11.4 Å². The fourth-order valence-corrected chi connectivity index (χ4v) is 8.32. The smallest absolute Gasteiger partial charge is 0.0712 e. The Morgan fingerprint density at radius 2 is 1.04 bits per heavy atom. The van der Waals surface area contributed by atoms with E-state index >= 15 is 0 Å². The van der Waals surface area contributed by atoms with E-state index in [1.54, 1.807) is 0 Å². The lowest BCUT2D eigenvalue weighted by Gasteiger charge is -2.39. The molecule has 1 aliphatic heterocycles. The molecule has 0 saturated heterocycles. The summed E-state index contributed by atoms with van der Waals surface area (Å²) < 4.78 is 4.86. The normalized spacial score (nSPS) is 18.6. The third-order valence-electron chi connectivity index (χ3n) is 10.3. The number of nitrogens with zero attached hydrogens (tertiary/aromatic N) is 3. The number of allylic oxidation sites excluding steroid dienone is 2. The summed E-state index contributed by atoms with van der Waals surface area (Å²) in [5.41, 5.74) is 10.8. The first-order valence-electron chi connectivity index (χ1n) is 16.1. The summed E-state index contributed by atoms with van der Waals surface area (Å²) in [6.07, 6.45) is 9.12. The van der Waals surface area contributed by atoms with E-state index in [4.69, 9.17) is 0 Å². The van der Waals surface area contributed by atoms with Crippen LogP contribution in [0.15, 0.2) is 164 Å². The molecule has 2 atom stereocenters. The van der Waals surface area contributed by atoms with Crippen LogP contribution in [-0.2, 0) is 0 Å². The maximum Gasteiger partial charge on any atom is 0.0712 e. The van der Waals surface area contributed by atoms with Gasteiger partial charge < -0.3 is 14.0 Å². The van der Waals surface area contributed by atoms with Gasteiger partial charge in [0, 0.05) is 50.2 Å². The van der Waals surface area contributed by atoms with Crippen LogP contribution < -0.4 is 4.90 Å². The Morgan fingerprint density at radius 3 is 1.78 bits per heavy atom. The van der Waals surface area contributed by atoms with Crippen LogP contribution in [0, 0.1) is 0 Å². The van der Waals surface area contributed by atoms with Crippen LogP contribution in [0.25, 0.3) is 55.0 Å². The monoisotopic (exact) mass is 589 g/mol. The van der Waals surface area contributed by atoms with Gasteiger partial charge in [-0.15, -0.1) is 0 Å². The van der Waals surface area contributed by atoms with Crippen molar-refractivity contribution in [1.29, 1.82) is 0 Å². The number of hydrogen-bond donors (Lipinski definition) is 0. The van der Waals surface area contributed by atoms with Crippen molar-refractivity contribution in [2.75, 3.05) is 4.90 Å². The van der Waals surface area contributed by atoms with Crippen molar-refractivity contribution in [1.82, 2.24) is 9.13 Å². The maximum absolute atomic E-state index is 2.55. The molecule has 10 rings (SSSR count). The van der Waals surface area contributed by atoms with Crippen molar-refractivity contribution in [3.63, 3.8) is 0 Å². The lowest BCUT2D eigenvalue weighted by atomic mass is 9.80. The van der Waals surface area contributed by atoms with E-state index in [0.717, 1.165) is 5.69 Å². The summed E-state index contributed by atoms with van der Waals surface area (Å²) in [7, 11) is 0. The van der Waals surface area contributed by atoms with Crippen LogP contribution in [-0.4, -0.2) is 14.7 Å². The minimum absolute atomic E-state index is 0.182. The molecule has 2 aromatic heterocycles. The number of aromatic nitrogens is 2. The van der Waals surface area contributed by atoms with E-state index in [9.17, 15) is 0 Å². The Hall–Kier alpha value is -5.80. The van der Waals surface area contributed by atoms with Gasteiger partial charge in [-0.2, -0.15) is 0 Å². The fourth-order valence-electron chi connectivity index (χ4n) is 8.32. The van der Waals surface area contributed by atoms with Crippen molar-refractivity contribution in [2.45, 2.75) is 18.4 Å². The molecule has 0 N–H and O–H groups in total. The second-order valence-corrected chi connectivity index (χ2v) is 12.8. The van der Waals surface area contributed by atoms with E-state index in [-0.39, 0.29) is 5.54 Å². The zero-order valence-corrected chi connectivity index (χ0v) is 25.5. The lowest BCUT2D eigenvalue weighted by molar-refractivity contribution is 0.542. The summed E-state index contributed by atoms with van der Waals surface area (Å²) >= 11 is 0. The number of rotatable bonds is 3. The van der Waals surface area contributed by atoms with E-state index in [1.165, 1.54) is 66.2 Å². The van der Waals surface area contributed by atoms with Gasteiger partial charge in [0.2, 0.25) is 0 Å². The molecule has 46 heavy (non-hydrogen) atoms. The predicted molar refractivity (Wildman–Crippen MR) is 193 cm³/mol. The van der Waals surface area contributed by atoms with Crippen LogP contribution in [0.5, 0.6) is 0 Å². The van der Waals surface area contributed by atoms with Gasteiger partial charge in [-0.25, -0.2) is 0 Å². The van der Waals surface area contributed by atoms with E-state index in [0.29, 0.717) is 5.92 Å². The Kier molecular flexibility index (Phi) is 5.19. The molecule has 0 fully saturated rings. The van der Waals surface area contributed by atoms with E-state index in [2.05, 4.69) is 185 Å². The van der Waals surface area contributed by atoms with Crippen molar-refractivity contribution in [2.24, 2.45) is 0 Å². The highest BCUT2D eigenvalue weighted by Gasteiger charge is 2.46. The molecule has 2 aliphatic rings. The van der Waals surface area contributed by atoms with Crippen molar-refractivity contribution < 1.29 is 0 Å². The minimum atomic E-state index is -0.182. The molecule has 3 heterocycles. The molecule has 0 radical (unpaired) electrons. The molecule has 3 heteroatoms. The standard InChI is InChI=1S/C43H31N3/c1-43-26-12-11-18-37(43)36-17-7-10-21-40(36)46(43)31-23-25-35-33-16-6-9-20-39(33)45(42(35)28-31)30-22-24-34-32-15-5-8-19-38(32)44(41(34)27-30)29-13-3-2-4-14-29/h2-28,37H,1H3. The number of anilines is 2. The summed E-state index contributed by atoms with van der Waals surface area (Å²) in [6, 6.07) is 51.2. The summed E-state index contributed by atoms with van der Waals surface area (Å²) in [6.45, 7) is 2.37. The SMILES string of the molecule is CC12C=CC=CC1c1ccccc1N2c1ccc2c3ccccc3n(-c3ccc4c5ccccc5n(-c5ccccc5)c4c3)c2c1. The first-order valence-corrected chi connectivity index (χ1v) is 16.1. The maximum atomic E-state index is 2.55. The molecule has 1 aliphatic carbocycles. The second kappa shape index (κ2) is 9.35. The van der Waals surface area contributed by atoms with Gasteiger partial charge in [-0.1, -0.05) is 109 Å². The van der Waals surface area contributed by atoms with Gasteiger partial charge in [0.15, 0.2) is 0 Å². The fraction of sp³-hybridized carbons (Fsp3) is 0.0698. The predicted octanol–water partition coefficient (Wildman–Crippen LogP) is 11.0. The molecule has 0 bridgehead atoms. The molecular formula is C43H31N3. The molecular weight excluding hydrogens is 558 g/mol. The van der Waals surface area contributed by atoms with E-state index in [1.807, 2.05) is 0 Å². The van der Waals surface area contributed by atoms with Gasteiger partial charge in [0.1, 0.15) is 0 Å². The van der Waals surface area contributed by atoms with Crippen molar-refractivity contribution in [3.8, 4) is 11.4 Å². The highest BCUT2D eigenvalue weighted by molar-refractivity contribution is 6.12. The summed E-state index contributed by atoms with van der Waals surface area (Å²) in [4.78, 5) is 2.55. The minimum Gasteiger partial charge on any atom is -0.331 e. The average molecular weight is 590 g/mol. The third kappa shape index (κ3) is 3.37. The Bertz CT molecular complexity index is 2560. The van der Waals surface area contributed by atoms with Crippen molar-refractivity contribution >= 4 is 55.0 Å². The lowest BCUT2D eigenvalue weighted by Crippen LogP contribution is -2.41. The zero-order valence-electron chi connectivity index (χ0n) is 25.5. The molecule has 8 aromatic rings. The average Bonchev–Trinajstić information content (AvgIpc) is 3.71. The molecule has 6 aromatic carbocycles. The van der Waals surface area contributed by atoms with E-state index < -0.39 is 0 Å². The first kappa shape index (κ1) is 25.5. The number of benzene rings is 6. The summed E-state index contributed by atoms with van der Waals surface area (Å²) in [5, 5.41) is 5.05. The highest BCUT2D eigenvalue weighted by Crippen LogP contribution is 2.54. The highest BCUT2D eigenvalue weighted by atomic mass is 15.2. The second-order valence-electron chi connectivity index (χ2n) is 12.8. The third-order valence-corrected chi connectivity index (χ3v) is 10.3. The molecule has 0 amide bonds. The molecule has 218 valence electrons. The molecule has 2 unspecified atom stereocenters. The van der Waals surface area contributed by atoms with Gasteiger partial charge in [0.25, 0.3) is 0 Å². The molecule has 3 nitrogen and oxygen atoms in total. The van der Waals surface area contributed by atoms with Gasteiger partial charge in [-0.3, -0.25) is 0 Å². The topological polar surface area (TPSA) is 13.1 Å². The van der Waals surface area contributed by atoms with Crippen LogP contribution in [0.1, 0.15) is 18.4 Å². The van der Waals surface area contributed by atoms with Crippen LogP contribution in [0.3, 0.4) is 0 Å². The van der Waals surface area contributed by atoms with Gasteiger partial charge in [0.05, 0.1) is 27.6 Å². The van der Waals surface area contributed by atoms with Crippen molar-refractivity contribution in [3.05, 3.63) is 169 Å². The molecule has 0 spiro atoms. The van der Waals surface area contributed by atoms with Gasteiger partial charge >= 0.3 is 0 Å². The first-order chi connectivity index (χ1) is 22.7. The van der Waals surface area contributed by atoms with Crippen LogP contribution in [0.2, 0.25) is 0 Å². The largest absolute Gasteiger partial charge is 0.331 e. The molecule has 0 saturated carbocycles. The number of para-hydroxylation sites is 4. The zero-order chi connectivity index (χ0) is 30.4. The Balaban J connectivity index is 1.25. The number of fused-ring (bicyclic) bond motifs is 9. The Morgan fingerprint density at radius 1 is 0.478 bits per heavy atom. The quantitative estimate of drug-likeness (QED) is 0.200. The summed E-state index contributed by atoms with van der Waals surface area (Å²) in [5.74, 6) is 0.303.